The Bertz CT molecular complexity index is 1240. The van der Waals surface area contributed by atoms with Crippen molar-refractivity contribution in [1.29, 1.82) is 0 Å². The Kier molecular flexibility index (Phi) is 5.88. The number of amides is 1. The van der Waals surface area contributed by atoms with Crippen molar-refractivity contribution in [3.05, 3.63) is 87.8 Å². The number of aryl methyl sites for hydroxylation is 2. The maximum Gasteiger partial charge on any atom is 0.253 e. The molecule has 0 bridgehead atoms. The van der Waals surface area contributed by atoms with Gasteiger partial charge in [-0.2, -0.15) is 5.10 Å². The van der Waals surface area contributed by atoms with Gasteiger partial charge in [0.1, 0.15) is 5.69 Å². The van der Waals surface area contributed by atoms with Crippen molar-refractivity contribution < 1.29 is 4.79 Å². The van der Waals surface area contributed by atoms with E-state index >= 15 is 0 Å². The van der Waals surface area contributed by atoms with Gasteiger partial charge in [-0.05, 0) is 50.1 Å². The summed E-state index contributed by atoms with van der Waals surface area (Å²) in [5.74, 6) is -0.0446. The molecule has 2 aromatic carbocycles. The molecule has 31 heavy (non-hydrogen) atoms. The summed E-state index contributed by atoms with van der Waals surface area (Å²) in [4.78, 5) is 14.8. The molecule has 0 aliphatic rings. The molecule has 4 rings (SSSR count). The smallest absolute Gasteiger partial charge is 0.253 e. The first-order valence-electron chi connectivity index (χ1n) is 10.5. The number of rotatable bonds is 6. The zero-order chi connectivity index (χ0) is 22.1. The summed E-state index contributed by atoms with van der Waals surface area (Å²) in [6.07, 6.45) is 1.79. The molecule has 0 fully saturated rings. The lowest BCUT2D eigenvalue weighted by molar-refractivity contribution is 0.0783. The fraction of sp³-hybridized carbons (Fsp3) is 0.280. The Morgan fingerprint density at radius 1 is 1.13 bits per heavy atom. The fourth-order valence-corrected chi connectivity index (χ4v) is 4.19. The third-order valence-electron chi connectivity index (χ3n) is 5.91. The lowest BCUT2D eigenvalue weighted by Gasteiger charge is -2.16. The van der Waals surface area contributed by atoms with Gasteiger partial charge >= 0.3 is 0 Å². The van der Waals surface area contributed by atoms with Crippen LogP contribution in [-0.4, -0.2) is 32.2 Å². The largest absolute Gasteiger partial charge is 0.340 e. The van der Waals surface area contributed by atoms with Gasteiger partial charge in [-0.15, -0.1) is 0 Å². The van der Waals surface area contributed by atoms with Gasteiger partial charge < -0.3 is 9.47 Å². The second-order valence-electron chi connectivity index (χ2n) is 7.95. The van der Waals surface area contributed by atoms with Gasteiger partial charge in [0.2, 0.25) is 0 Å². The van der Waals surface area contributed by atoms with Crippen LogP contribution < -0.4 is 0 Å². The first kappa shape index (κ1) is 21.2. The fourth-order valence-electron chi connectivity index (χ4n) is 3.98. The van der Waals surface area contributed by atoms with Gasteiger partial charge in [0.05, 0.1) is 11.6 Å². The highest BCUT2D eigenvalue weighted by Gasteiger charge is 2.18. The number of hydrogen-bond donors (Lipinski definition) is 0. The molecule has 0 saturated heterocycles. The number of aromatic nitrogens is 3. The van der Waals surface area contributed by atoms with Crippen LogP contribution in [0.2, 0.25) is 5.02 Å². The Morgan fingerprint density at radius 3 is 2.55 bits per heavy atom. The summed E-state index contributed by atoms with van der Waals surface area (Å²) in [7, 11) is 1.78. The second kappa shape index (κ2) is 8.60. The van der Waals surface area contributed by atoms with Crippen LogP contribution in [0.3, 0.4) is 0 Å². The van der Waals surface area contributed by atoms with Crippen LogP contribution in [0.5, 0.6) is 0 Å². The molecule has 0 aliphatic heterocycles. The summed E-state index contributed by atoms with van der Waals surface area (Å²) in [5, 5.41) is 6.15. The van der Waals surface area contributed by atoms with E-state index < -0.39 is 0 Å². The Hall–Kier alpha value is -3.05. The molecule has 4 aromatic rings. The minimum atomic E-state index is -0.0446. The minimum Gasteiger partial charge on any atom is -0.340 e. The molecule has 0 N–H and O–H groups in total. The molecule has 5 nitrogen and oxygen atoms in total. The van der Waals surface area contributed by atoms with Gasteiger partial charge in [-0.1, -0.05) is 41.9 Å². The summed E-state index contributed by atoms with van der Waals surface area (Å²) >= 11 is 6.28. The zero-order valence-corrected chi connectivity index (χ0v) is 19.1. The van der Waals surface area contributed by atoms with Crippen molar-refractivity contribution in [1.82, 2.24) is 19.2 Å². The molecule has 0 radical (unpaired) electrons. The third kappa shape index (κ3) is 4.10. The maximum absolute atomic E-state index is 13.1. The van der Waals surface area contributed by atoms with Crippen LogP contribution in [0.25, 0.3) is 10.9 Å². The average molecular weight is 435 g/mol. The van der Waals surface area contributed by atoms with Gasteiger partial charge in [0.15, 0.2) is 0 Å². The highest BCUT2D eigenvalue weighted by molar-refractivity contribution is 6.31. The standard InChI is InChI=1S/C25H27ClN4O/c1-5-29-15-22(26)23(27-29)16-28(4)25(31)20-11-12-24-21(13-20)17(2)18(3)30(24)14-19-9-7-6-8-10-19/h6-13,15H,5,14,16H2,1-4H3. The highest BCUT2D eigenvalue weighted by atomic mass is 35.5. The van der Waals surface area contributed by atoms with E-state index in [9.17, 15) is 4.79 Å². The molecule has 160 valence electrons. The Labute approximate surface area is 187 Å². The van der Waals surface area contributed by atoms with E-state index in [1.165, 1.54) is 16.8 Å². The predicted octanol–water partition coefficient (Wildman–Crippen LogP) is 5.45. The number of carbonyl (C=O) groups is 1. The van der Waals surface area contributed by atoms with Crippen LogP contribution in [0.4, 0.5) is 0 Å². The van der Waals surface area contributed by atoms with Crippen molar-refractivity contribution >= 4 is 28.4 Å². The van der Waals surface area contributed by atoms with Crippen LogP contribution in [0, 0.1) is 13.8 Å². The third-order valence-corrected chi connectivity index (χ3v) is 6.23. The number of nitrogens with zero attached hydrogens (tertiary/aromatic N) is 4. The van der Waals surface area contributed by atoms with Crippen molar-refractivity contribution in [3.63, 3.8) is 0 Å². The topological polar surface area (TPSA) is 43.1 Å². The van der Waals surface area contributed by atoms with E-state index in [0.29, 0.717) is 22.8 Å². The van der Waals surface area contributed by atoms with Crippen molar-refractivity contribution in [2.45, 2.75) is 40.4 Å². The monoisotopic (exact) mass is 434 g/mol. The van der Waals surface area contributed by atoms with Gasteiger partial charge in [-0.3, -0.25) is 9.48 Å². The van der Waals surface area contributed by atoms with Crippen molar-refractivity contribution in [2.75, 3.05) is 7.05 Å². The zero-order valence-electron chi connectivity index (χ0n) is 18.4. The van der Waals surface area contributed by atoms with Crippen LogP contribution >= 0.6 is 11.6 Å². The summed E-state index contributed by atoms with van der Waals surface area (Å²) in [6, 6.07) is 16.4. The Balaban J connectivity index is 1.62. The van der Waals surface area contributed by atoms with Crippen LogP contribution in [0.15, 0.2) is 54.7 Å². The minimum absolute atomic E-state index is 0.0446. The van der Waals surface area contributed by atoms with Crippen molar-refractivity contribution in [2.24, 2.45) is 0 Å². The molecule has 6 heteroatoms. The second-order valence-corrected chi connectivity index (χ2v) is 8.36. The summed E-state index contributed by atoms with van der Waals surface area (Å²) in [6.45, 7) is 8.18. The number of hydrogen-bond acceptors (Lipinski definition) is 2. The van der Waals surface area contributed by atoms with Crippen molar-refractivity contribution in [3.8, 4) is 0 Å². The van der Waals surface area contributed by atoms with E-state index in [-0.39, 0.29) is 5.91 Å². The lowest BCUT2D eigenvalue weighted by Crippen LogP contribution is -2.26. The first-order chi connectivity index (χ1) is 14.9. The van der Waals surface area contributed by atoms with E-state index in [1.807, 2.05) is 25.1 Å². The molecule has 0 aliphatic carbocycles. The van der Waals surface area contributed by atoms with Gasteiger partial charge in [-0.25, -0.2) is 0 Å². The van der Waals surface area contributed by atoms with Crippen LogP contribution in [0.1, 0.15) is 39.8 Å². The number of fused-ring (bicyclic) bond motifs is 1. The lowest BCUT2D eigenvalue weighted by atomic mass is 10.1. The molecule has 2 heterocycles. The molecule has 0 unspecified atom stereocenters. The molecular formula is C25H27ClN4O. The average Bonchev–Trinajstić information content (AvgIpc) is 3.25. The normalized spacial score (nSPS) is 11.3. The number of halogens is 1. The van der Waals surface area contributed by atoms with Gasteiger partial charge in [0.25, 0.3) is 5.91 Å². The molecule has 0 saturated carbocycles. The first-order valence-corrected chi connectivity index (χ1v) is 10.9. The summed E-state index contributed by atoms with van der Waals surface area (Å²) < 4.78 is 4.10. The molecule has 0 spiro atoms. The SMILES string of the molecule is CCn1cc(Cl)c(CN(C)C(=O)c2ccc3c(c2)c(C)c(C)n3Cc2ccccc2)n1. The van der Waals surface area contributed by atoms with E-state index in [0.717, 1.165) is 24.0 Å². The maximum atomic E-state index is 13.1. The predicted molar refractivity (Wildman–Crippen MR) is 126 cm³/mol. The van der Waals surface area contributed by atoms with E-state index in [1.54, 1.807) is 22.8 Å². The Morgan fingerprint density at radius 2 is 1.87 bits per heavy atom. The van der Waals surface area contributed by atoms with Gasteiger partial charge in [0, 0.05) is 48.5 Å². The number of carbonyl (C=O) groups excluding carboxylic acids is 1. The summed E-state index contributed by atoms with van der Waals surface area (Å²) in [5.41, 5.74) is 6.19. The number of benzene rings is 2. The van der Waals surface area contributed by atoms with Crippen LogP contribution in [-0.2, 0) is 19.6 Å². The quantitative estimate of drug-likeness (QED) is 0.405. The molecular weight excluding hydrogens is 408 g/mol. The highest BCUT2D eigenvalue weighted by Crippen LogP contribution is 2.28. The molecule has 2 aromatic heterocycles. The van der Waals surface area contributed by atoms with E-state index in [2.05, 4.69) is 53.8 Å². The molecule has 0 atom stereocenters. The molecule has 1 amide bonds. The van der Waals surface area contributed by atoms with E-state index in [4.69, 9.17) is 11.6 Å².